The van der Waals surface area contributed by atoms with Crippen LogP contribution in [0, 0.1) is 0 Å². The SMILES string of the molecule is O=C1NC(=Nc2ccc(Cl)cc2)SC1CCO. The van der Waals surface area contributed by atoms with Gasteiger partial charge in [-0.3, -0.25) is 4.79 Å². The molecule has 1 saturated heterocycles. The summed E-state index contributed by atoms with van der Waals surface area (Å²) in [5.41, 5.74) is 0.738. The van der Waals surface area contributed by atoms with Crippen molar-refractivity contribution in [1.82, 2.24) is 5.32 Å². The van der Waals surface area contributed by atoms with Gasteiger partial charge in [0.15, 0.2) is 5.17 Å². The van der Waals surface area contributed by atoms with Crippen molar-refractivity contribution in [3.05, 3.63) is 29.3 Å². The van der Waals surface area contributed by atoms with Crippen LogP contribution in [-0.2, 0) is 4.79 Å². The number of aliphatic imine (C=N–C) groups is 1. The minimum Gasteiger partial charge on any atom is -0.396 e. The molecule has 0 bridgehead atoms. The second-order valence-electron chi connectivity index (χ2n) is 3.50. The van der Waals surface area contributed by atoms with Gasteiger partial charge in [-0.15, -0.1) is 0 Å². The molecule has 1 heterocycles. The number of halogens is 1. The van der Waals surface area contributed by atoms with E-state index in [1.807, 2.05) is 0 Å². The molecule has 0 radical (unpaired) electrons. The maximum atomic E-state index is 11.5. The lowest BCUT2D eigenvalue weighted by Gasteiger charge is -1.99. The smallest absolute Gasteiger partial charge is 0.239 e. The third-order valence-corrected chi connectivity index (χ3v) is 3.63. The number of nitrogens with zero attached hydrogens (tertiary/aromatic N) is 1. The van der Waals surface area contributed by atoms with E-state index in [2.05, 4.69) is 10.3 Å². The third-order valence-electron chi connectivity index (χ3n) is 2.23. The number of hydrogen-bond acceptors (Lipinski definition) is 4. The molecule has 0 aromatic heterocycles. The van der Waals surface area contributed by atoms with Gasteiger partial charge in [-0.1, -0.05) is 23.4 Å². The normalized spacial score (nSPS) is 21.9. The van der Waals surface area contributed by atoms with E-state index in [0.29, 0.717) is 16.6 Å². The zero-order chi connectivity index (χ0) is 12.3. The van der Waals surface area contributed by atoms with Crippen LogP contribution in [0.3, 0.4) is 0 Å². The Morgan fingerprint density at radius 2 is 2.12 bits per heavy atom. The van der Waals surface area contributed by atoms with Gasteiger partial charge >= 0.3 is 0 Å². The first-order valence-corrected chi connectivity index (χ1v) is 6.37. The van der Waals surface area contributed by atoms with Gasteiger partial charge in [-0.05, 0) is 30.7 Å². The summed E-state index contributed by atoms with van der Waals surface area (Å²) >= 11 is 7.10. The molecule has 1 atom stereocenters. The molecule has 2 rings (SSSR count). The topological polar surface area (TPSA) is 61.7 Å². The maximum absolute atomic E-state index is 11.5. The highest BCUT2D eigenvalue weighted by Crippen LogP contribution is 2.25. The van der Waals surface area contributed by atoms with Crippen LogP contribution in [0.2, 0.25) is 5.02 Å². The molecule has 4 nitrogen and oxygen atoms in total. The van der Waals surface area contributed by atoms with Crippen molar-refractivity contribution in [2.45, 2.75) is 11.7 Å². The van der Waals surface area contributed by atoms with Gasteiger partial charge in [0, 0.05) is 11.6 Å². The lowest BCUT2D eigenvalue weighted by Crippen LogP contribution is -2.25. The van der Waals surface area contributed by atoms with Gasteiger partial charge < -0.3 is 10.4 Å². The van der Waals surface area contributed by atoms with Crippen LogP contribution in [0.5, 0.6) is 0 Å². The highest BCUT2D eigenvalue weighted by atomic mass is 35.5. The fourth-order valence-corrected chi connectivity index (χ4v) is 2.50. The second kappa shape index (κ2) is 5.53. The van der Waals surface area contributed by atoms with Gasteiger partial charge in [0.1, 0.15) is 0 Å². The molecular weight excluding hydrogens is 260 g/mol. The van der Waals surface area contributed by atoms with Crippen molar-refractivity contribution in [3.8, 4) is 0 Å². The number of hydrogen-bond donors (Lipinski definition) is 2. The Morgan fingerprint density at radius 1 is 1.41 bits per heavy atom. The van der Waals surface area contributed by atoms with E-state index in [9.17, 15) is 4.79 Å². The molecule has 17 heavy (non-hydrogen) atoms. The highest BCUT2D eigenvalue weighted by Gasteiger charge is 2.29. The number of carbonyl (C=O) groups is 1. The quantitative estimate of drug-likeness (QED) is 0.882. The molecule has 0 saturated carbocycles. The minimum absolute atomic E-state index is 0.000683. The monoisotopic (exact) mass is 270 g/mol. The zero-order valence-electron chi connectivity index (χ0n) is 8.89. The van der Waals surface area contributed by atoms with E-state index in [-0.39, 0.29) is 17.8 Å². The van der Waals surface area contributed by atoms with E-state index in [1.165, 1.54) is 11.8 Å². The van der Waals surface area contributed by atoms with Crippen LogP contribution in [0.15, 0.2) is 29.3 Å². The number of aliphatic hydroxyl groups is 1. The summed E-state index contributed by atoms with van der Waals surface area (Å²) in [6.45, 7) is -0.000683. The summed E-state index contributed by atoms with van der Waals surface area (Å²) in [7, 11) is 0. The number of amidine groups is 1. The van der Waals surface area contributed by atoms with Gasteiger partial charge in [0.05, 0.1) is 10.9 Å². The predicted molar refractivity (Wildman–Crippen MR) is 69.8 cm³/mol. The van der Waals surface area contributed by atoms with Crippen molar-refractivity contribution in [2.75, 3.05) is 6.61 Å². The summed E-state index contributed by atoms with van der Waals surface area (Å²) < 4.78 is 0. The van der Waals surface area contributed by atoms with Crippen LogP contribution in [-0.4, -0.2) is 28.0 Å². The molecule has 1 aliphatic rings. The fourth-order valence-electron chi connectivity index (χ4n) is 1.40. The highest BCUT2D eigenvalue weighted by molar-refractivity contribution is 8.15. The molecule has 1 amide bonds. The molecule has 1 aromatic carbocycles. The maximum Gasteiger partial charge on any atom is 0.239 e. The van der Waals surface area contributed by atoms with Crippen LogP contribution in [0.4, 0.5) is 5.69 Å². The Hall–Kier alpha value is -1.04. The van der Waals surface area contributed by atoms with Crippen molar-refractivity contribution in [2.24, 2.45) is 4.99 Å². The van der Waals surface area contributed by atoms with Crippen molar-refractivity contribution in [3.63, 3.8) is 0 Å². The van der Waals surface area contributed by atoms with Crippen molar-refractivity contribution >= 4 is 40.1 Å². The first-order valence-electron chi connectivity index (χ1n) is 5.11. The molecule has 0 spiro atoms. The molecule has 2 N–H and O–H groups in total. The largest absolute Gasteiger partial charge is 0.396 e. The number of amides is 1. The van der Waals surface area contributed by atoms with Gasteiger partial charge in [0.2, 0.25) is 5.91 Å². The number of nitrogens with one attached hydrogen (secondary N) is 1. The summed E-state index contributed by atoms with van der Waals surface area (Å²) in [5, 5.41) is 12.5. The Bertz CT molecular complexity index is 447. The van der Waals surface area contributed by atoms with Gasteiger partial charge in [0.25, 0.3) is 0 Å². The molecule has 1 aromatic rings. The number of benzene rings is 1. The number of rotatable bonds is 3. The summed E-state index contributed by atoms with van der Waals surface area (Å²) in [6.07, 6.45) is 0.441. The van der Waals surface area contributed by atoms with E-state index in [1.54, 1.807) is 24.3 Å². The van der Waals surface area contributed by atoms with Crippen LogP contribution < -0.4 is 5.32 Å². The van der Waals surface area contributed by atoms with E-state index >= 15 is 0 Å². The molecule has 90 valence electrons. The average Bonchev–Trinajstić information content (AvgIpc) is 2.63. The Labute approximate surface area is 108 Å². The summed E-state index contributed by atoms with van der Waals surface area (Å²) in [5.74, 6) is -0.100. The van der Waals surface area contributed by atoms with E-state index < -0.39 is 0 Å². The lowest BCUT2D eigenvalue weighted by atomic mass is 10.3. The molecule has 1 unspecified atom stereocenters. The van der Waals surface area contributed by atoms with Crippen LogP contribution in [0.25, 0.3) is 0 Å². The summed E-state index contributed by atoms with van der Waals surface area (Å²) in [4.78, 5) is 15.8. The molecule has 1 aliphatic heterocycles. The fraction of sp³-hybridized carbons (Fsp3) is 0.273. The second-order valence-corrected chi connectivity index (χ2v) is 5.13. The zero-order valence-corrected chi connectivity index (χ0v) is 10.5. The number of thioether (sulfide) groups is 1. The Balaban J connectivity index is 2.09. The molecule has 0 aliphatic carbocycles. The van der Waals surface area contributed by atoms with Crippen LogP contribution >= 0.6 is 23.4 Å². The standard InChI is InChI=1S/C11H11ClN2O2S/c12-7-1-3-8(4-2-7)13-11-14-10(16)9(17-11)5-6-15/h1-4,9,15H,5-6H2,(H,13,14,16). The minimum atomic E-state index is -0.244. The first kappa shape index (κ1) is 12.4. The summed E-state index contributed by atoms with van der Waals surface area (Å²) in [6, 6.07) is 7.05. The Kier molecular flexibility index (Phi) is 4.04. The van der Waals surface area contributed by atoms with Gasteiger partial charge in [-0.2, -0.15) is 0 Å². The average molecular weight is 271 g/mol. The first-order chi connectivity index (χ1) is 8.19. The number of aliphatic hydroxyl groups excluding tert-OH is 1. The molecule has 1 fully saturated rings. The van der Waals surface area contributed by atoms with Crippen LogP contribution in [0.1, 0.15) is 6.42 Å². The lowest BCUT2D eigenvalue weighted by molar-refractivity contribution is -0.119. The van der Waals surface area contributed by atoms with E-state index in [0.717, 1.165) is 5.69 Å². The van der Waals surface area contributed by atoms with E-state index in [4.69, 9.17) is 16.7 Å². The number of carbonyl (C=O) groups excluding carboxylic acids is 1. The Morgan fingerprint density at radius 3 is 2.76 bits per heavy atom. The van der Waals surface area contributed by atoms with Crippen molar-refractivity contribution in [1.29, 1.82) is 0 Å². The predicted octanol–water partition coefficient (Wildman–Crippen LogP) is 1.94. The van der Waals surface area contributed by atoms with Crippen molar-refractivity contribution < 1.29 is 9.90 Å². The third kappa shape index (κ3) is 3.21. The molecule has 6 heteroatoms. The van der Waals surface area contributed by atoms with Gasteiger partial charge in [-0.25, -0.2) is 4.99 Å². The molecular formula is C11H11ClN2O2S.